The standard InChI is InChI=1S/C11H11FN6O/c1-7-10-9(2-3-17(7)6-19)18(16-15-10)11-13-4-8(12)5-14-11/h4-7H,2-3H2,1H3. The van der Waals surface area contributed by atoms with E-state index in [4.69, 9.17) is 0 Å². The lowest BCUT2D eigenvalue weighted by Crippen LogP contribution is -2.33. The molecule has 1 unspecified atom stereocenters. The molecule has 0 N–H and O–H groups in total. The third-order valence-electron chi connectivity index (χ3n) is 3.22. The Bertz CT molecular complexity index is 610. The van der Waals surface area contributed by atoms with E-state index >= 15 is 0 Å². The van der Waals surface area contributed by atoms with Crippen LogP contribution in [0.4, 0.5) is 4.39 Å². The van der Waals surface area contributed by atoms with Crippen molar-refractivity contribution < 1.29 is 9.18 Å². The number of hydrogen-bond acceptors (Lipinski definition) is 5. The molecule has 19 heavy (non-hydrogen) atoms. The first-order valence-electron chi connectivity index (χ1n) is 5.84. The summed E-state index contributed by atoms with van der Waals surface area (Å²) >= 11 is 0. The van der Waals surface area contributed by atoms with Gasteiger partial charge in [-0.25, -0.2) is 14.4 Å². The first-order valence-corrected chi connectivity index (χ1v) is 5.84. The topological polar surface area (TPSA) is 76.8 Å². The van der Waals surface area contributed by atoms with Crippen LogP contribution in [0.15, 0.2) is 12.4 Å². The van der Waals surface area contributed by atoms with Gasteiger partial charge in [0.2, 0.25) is 6.41 Å². The zero-order valence-corrected chi connectivity index (χ0v) is 10.2. The van der Waals surface area contributed by atoms with Crippen LogP contribution >= 0.6 is 0 Å². The largest absolute Gasteiger partial charge is 0.336 e. The molecule has 0 fully saturated rings. The van der Waals surface area contributed by atoms with Crippen molar-refractivity contribution in [3.8, 4) is 5.95 Å². The normalized spacial score (nSPS) is 18.2. The molecule has 2 aromatic rings. The minimum absolute atomic E-state index is 0.129. The van der Waals surface area contributed by atoms with E-state index in [1.165, 1.54) is 4.68 Å². The van der Waals surface area contributed by atoms with Gasteiger partial charge in [-0.1, -0.05) is 5.21 Å². The molecular weight excluding hydrogens is 251 g/mol. The quantitative estimate of drug-likeness (QED) is 0.726. The molecule has 0 bridgehead atoms. The number of halogens is 1. The molecular formula is C11H11FN6O. The van der Waals surface area contributed by atoms with Crippen LogP contribution in [0, 0.1) is 5.82 Å². The molecule has 1 aliphatic heterocycles. The van der Waals surface area contributed by atoms with Gasteiger partial charge in [0.25, 0.3) is 5.95 Å². The smallest absolute Gasteiger partial charge is 0.252 e. The molecule has 0 radical (unpaired) electrons. The van der Waals surface area contributed by atoms with Crippen molar-refractivity contribution in [1.29, 1.82) is 0 Å². The van der Waals surface area contributed by atoms with Gasteiger partial charge in [0.15, 0.2) is 5.82 Å². The van der Waals surface area contributed by atoms with Gasteiger partial charge < -0.3 is 4.90 Å². The molecule has 1 aliphatic rings. The molecule has 8 heteroatoms. The van der Waals surface area contributed by atoms with Crippen LogP contribution in [0.1, 0.15) is 24.4 Å². The number of aromatic nitrogens is 5. The minimum Gasteiger partial charge on any atom is -0.336 e. The molecule has 0 saturated carbocycles. The maximum absolute atomic E-state index is 12.8. The van der Waals surface area contributed by atoms with Crippen molar-refractivity contribution in [2.75, 3.05) is 6.54 Å². The van der Waals surface area contributed by atoms with E-state index in [-0.39, 0.29) is 12.0 Å². The van der Waals surface area contributed by atoms with E-state index in [1.54, 1.807) is 4.90 Å². The number of carbonyl (C=O) groups excluding carboxylic acids is 1. The fourth-order valence-electron chi connectivity index (χ4n) is 2.18. The van der Waals surface area contributed by atoms with E-state index in [2.05, 4.69) is 20.3 Å². The highest BCUT2D eigenvalue weighted by molar-refractivity contribution is 5.49. The van der Waals surface area contributed by atoms with Crippen LogP contribution in [0.25, 0.3) is 5.95 Å². The molecule has 7 nitrogen and oxygen atoms in total. The SMILES string of the molecule is CC1c2nnn(-c3ncc(F)cn3)c2CCN1C=O. The Morgan fingerprint density at radius 1 is 1.42 bits per heavy atom. The molecule has 3 rings (SSSR count). The van der Waals surface area contributed by atoms with Crippen molar-refractivity contribution in [3.05, 3.63) is 29.6 Å². The van der Waals surface area contributed by atoms with Gasteiger partial charge in [-0.3, -0.25) is 4.79 Å². The summed E-state index contributed by atoms with van der Waals surface area (Å²) in [7, 11) is 0. The number of amides is 1. The molecule has 98 valence electrons. The summed E-state index contributed by atoms with van der Waals surface area (Å²) in [6, 6.07) is -0.129. The molecule has 3 heterocycles. The lowest BCUT2D eigenvalue weighted by Gasteiger charge is -2.28. The number of hydrogen-bond donors (Lipinski definition) is 0. The summed E-state index contributed by atoms with van der Waals surface area (Å²) in [5.41, 5.74) is 1.59. The minimum atomic E-state index is -0.502. The average molecular weight is 262 g/mol. The predicted octanol–water partition coefficient (Wildman–Crippen LogP) is 0.272. The summed E-state index contributed by atoms with van der Waals surface area (Å²) in [6.07, 6.45) is 3.59. The third kappa shape index (κ3) is 1.85. The van der Waals surface area contributed by atoms with Crippen LogP contribution in [-0.4, -0.2) is 42.8 Å². The average Bonchev–Trinajstić information content (AvgIpc) is 2.85. The lowest BCUT2D eigenvalue weighted by molar-refractivity contribution is -0.120. The summed E-state index contributed by atoms with van der Waals surface area (Å²) < 4.78 is 14.3. The Hall–Kier alpha value is -2.38. The van der Waals surface area contributed by atoms with E-state index in [9.17, 15) is 9.18 Å². The van der Waals surface area contributed by atoms with Crippen molar-refractivity contribution in [1.82, 2.24) is 29.9 Å². The second kappa shape index (κ2) is 4.38. The zero-order valence-electron chi connectivity index (χ0n) is 10.2. The number of carbonyl (C=O) groups is 1. The van der Waals surface area contributed by atoms with Gasteiger partial charge >= 0.3 is 0 Å². The van der Waals surface area contributed by atoms with Crippen LogP contribution in [0.3, 0.4) is 0 Å². The van der Waals surface area contributed by atoms with Crippen LogP contribution in [0.5, 0.6) is 0 Å². The van der Waals surface area contributed by atoms with Gasteiger partial charge in [-0.05, 0) is 6.92 Å². The fourth-order valence-corrected chi connectivity index (χ4v) is 2.18. The van der Waals surface area contributed by atoms with Gasteiger partial charge in [0.05, 0.1) is 24.1 Å². The monoisotopic (exact) mass is 262 g/mol. The molecule has 1 atom stereocenters. The van der Waals surface area contributed by atoms with Crippen molar-refractivity contribution in [2.24, 2.45) is 0 Å². The third-order valence-corrected chi connectivity index (χ3v) is 3.22. The summed E-state index contributed by atoms with van der Waals surface area (Å²) in [4.78, 5) is 20.3. The van der Waals surface area contributed by atoms with Crippen molar-refractivity contribution >= 4 is 6.41 Å². The highest BCUT2D eigenvalue weighted by atomic mass is 19.1. The van der Waals surface area contributed by atoms with Crippen LogP contribution < -0.4 is 0 Å². The number of nitrogens with zero attached hydrogens (tertiary/aromatic N) is 6. The van der Waals surface area contributed by atoms with E-state index in [0.717, 1.165) is 30.2 Å². The molecule has 0 aliphatic carbocycles. The predicted molar refractivity (Wildman–Crippen MR) is 61.8 cm³/mol. The summed E-state index contributed by atoms with van der Waals surface area (Å²) in [6.45, 7) is 2.48. The highest BCUT2D eigenvalue weighted by Crippen LogP contribution is 2.26. The van der Waals surface area contributed by atoms with Crippen LogP contribution in [0.2, 0.25) is 0 Å². The second-order valence-corrected chi connectivity index (χ2v) is 4.30. The van der Waals surface area contributed by atoms with Gasteiger partial charge in [0, 0.05) is 13.0 Å². The second-order valence-electron chi connectivity index (χ2n) is 4.30. The first kappa shape index (κ1) is 11.7. The molecule has 1 amide bonds. The Labute approximate surface area is 108 Å². The van der Waals surface area contributed by atoms with E-state index in [1.807, 2.05) is 6.92 Å². The maximum Gasteiger partial charge on any atom is 0.252 e. The fraction of sp³-hybridized carbons (Fsp3) is 0.364. The Morgan fingerprint density at radius 2 is 2.16 bits per heavy atom. The van der Waals surface area contributed by atoms with Crippen molar-refractivity contribution in [2.45, 2.75) is 19.4 Å². The van der Waals surface area contributed by atoms with Crippen molar-refractivity contribution in [3.63, 3.8) is 0 Å². The van der Waals surface area contributed by atoms with Gasteiger partial charge in [-0.15, -0.1) is 5.10 Å². The van der Waals surface area contributed by atoms with Gasteiger partial charge in [0.1, 0.15) is 5.69 Å². The lowest BCUT2D eigenvalue weighted by atomic mass is 10.1. The zero-order chi connectivity index (χ0) is 13.4. The molecule has 2 aromatic heterocycles. The van der Waals surface area contributed by atoms with Crippen LogP contribution in [-0.2, 0) is 11.2 Å². The Kier molecular flexibility index (Phi) is 2.69. The summed E-state index contributed by atoms with van der Waals surface area (Å²) in [5, 5.41) is 8.07. The Balaban J connectivity index is 2.02. The van der Waals surface area contributed by atoms with E-state index < -0.39 is 5.82 Å². The van der Waals surface area contributed by atoms with Gasteiger partial charge in [-0.2, -0.15) is 4.68 Å². The first-order chi connectivity index (χ1) is 9.20. The molecule has 0 aromatic carbocycles. The number of rotatable bonds is 2. The summed E-state index contributed by atoms with van der Waals surface area (Å²) in [5.74, 6) is -0.222. The Morgan fingerprint density at radius 3 is 2.84 bits per heavy atom. The molecule has 0 spiro atoms. The maximum atomic E-state index is 12.8. The number of fused-ring (bicyclic) bond motifs is 1. The van der Waals surface area contributed by atoms with E-state index in [0.29, 0.717) is 13.0 Å². The highest BCUT2D eigenvalue weighted by Gasteiger charge is 2.28. The molecule has 0 saturated heterocycles.